The second-order valence-electron chi connectivity index (χ2n) is 4.39. The lowest BCUT2D eigenvalue weighted by Crippen LogP contribution is -2.28. The van der Waals surface area contributed by atoms with Crippen LogP contribution in [0.5, 0.6) is 11.5 Å². The largest absolute Gasteiger partial charge is 0.493 e. The maximum absolute atomic E-state index is 11.4. The van der Waals surface area contributed by atoms with Gasteiger partial charge in [0, 0.05) is 19.0 Å². The minimum absolute atomic E-state index is 0.0994. The summed E-state index contributed by atoms with van der Waals surface area (Å²) in [5, 5.41) is 3.20. The second kappa shape index (κ2) is 5.27. The van der Waals surface area contributed by atoms with Crippen molar-refractivity contribution < 1.29 is 14.3 Å². The van der Waals surface area contributed by atoms with Gasteiger partial charge in [0.25, 0.3) is 0 Å². The van der Waals surface area contributed by atoms with E-state index in [2.05, 4.69) is 5.32 Å². The van der Waals surface area contributed by atoms with Crippen molar-refractivity contribution in [1.29, 1.82) is 0 Å². The molecule has 1 amide bonds. The van der Waals surface area contributed by atoms with E-state index in [0.717, 1.165) is 12.1 Å². The molecule has 98 valence electrons. The van der Waals surface area contributed by atoms with Crippen LogP contribution in [0.2, 0.25) is 0 Å². The molecule has 1 aromatic rings. The number of rotatable bonds is 4. The Morgan fingerprint density at radius 3 is 2.61 bits per heavy atom. The summed E-state index contributed by atoms with van der Waals surface area (Å²) in [5.41, 5.74) is 6.46. The zero-order valence-corrected chi connectivity index (χ0v) is 10.6. The molecule has 0 bridgehead atoms. The Bertz CT molecular complexity index is 448. The summed E-state index contributed by atoms with van der Waals surface area (Å²) in [5.74, 6) is 1.03. The number of carbonyl (C=O) groups excluding carboxylic acids is 1. The van der Waals surface area contributed by atoms with Gasteiger partial charge in [0.2, 0.25) is 5.91 Å². The molecule has 5 nitrogen and oxygen atoms in total. The minimum Gasteiger partial charge on any atom is -0.493 e. The second-order valence-corrected chi connectivity index (χ2v) is 4.39. The Kier molecular flexibility index (Phi) is 3.72. The van der Waals surface area contributed by atoms with Crippen LogP contribution in [0.1, 0.15) is 11.5 Å². The fraction of sp³-hybridized carbons (Fsp3) is 0.462. The maximum Gasteiger partial charge on any atom is 0.222 e. The number of nitrogens with one attached hydrogen (secondary N) is 1. The van der Waals surface area contributed by atoms with Crippen molar-refractivity contribution in [3.63, 3.8) is 0 Å². The number of carbonyl (C=O) groups is 1. The highest BCUT2D eigenvalue weighted by molar-refractivity contribution is 5.78. The van der Waals surface area contributed by atoms with Crippen molar-refractivity contribution in [2.45, 2.75) is 5.92 Å². The van der Waals surface area contributed by atoms with Crippen LogP contribution in [-0.2, 0) is 4.79 Å². The molecule has 0 spiro atoms. The summed E-state index contributed by atoms with van der Waals surface area (Å²) in [7, 11) is 3.20. The Balaban J connectivity index is 2.30. The first-order chi connectivity index (χ1) is 8.67. The molecule has 1 saturated heterocycles. The molecule has 5 heteroatoms. The average molecular weight is 250 g/mol. The van der Waals surface area contributed by atoms with Gasteiger partial charge in [-0.3, -0.25) is 4.79 Å². The van der Waals surface area contributed by atoms with Crippen molar-refractivity contribution in [3.05, 3.63) is 23.8 Å². The molecule has 1 aliphatic rings. The molecule has 1 aromatic carbocycles. The number of ether oxygens (including phenoxy) is 2. The van der Waals surface area contributed by atoms with E-state index in [9.17, 15) is 4.79 Å². The van der Waals surface area contributed by atoms with Crippen LogP contribution in [0.15, 0.2) is 18.2 Å². The molecular weight excluding hydrogens is 232 g/mol. The average Bonchev–Trinajstić information content (AvgIpc) is 2.87. The summed E-state index contributed by atoms with van der Waals surface area (Å²) in [6.45, 7) is 1.39. The van der Waals surface area contributed by atoms with E-state index in [-0.39, 0.29) is 17.7 Å². The predicted octanol–water partition coefficient (Wildman–Crippen LogP) is 0.492. The van der Waals surface area contributed by atoms with Gasteiger partial charge in [-0.25, -0.2) is 0 Å². The van der Waals surface area contributed by atoms with Gasteiger partial charge in [-0.05, 0) is 17.7 Å². The topological polar surface area (TPSA) is 73.6 Å². The predicted molar refractivity (Wildman–Crippen MR) is 67.8 cm³/mol. The molecule has 2 unspecified atom stereocenters. The van der Waals surface area contributed by atoms with E-state index in [1.807, 2.05) is 18.2 Å². The number of hydrogen-bond donors (Lipinski definition) is 2. The Labute approximate surface area is 106 Å². The smallest absolute Gasteiger partial charge is 0.222 e. The van der Waals surface area contributed by atoms with Crippen molar-refractivity contribution in [2.24, 2.45) is 11.7 Å². The lowest BCUT2D eigenvalue weighted by Gasteiger charge is -2.17. The Morgan fingerprint density at radius 2 is 2.00 bits per heavy atom. The van der Waals surface area contributed by atoms with Gasteiger partial charge in [0.15, 0.2) is 11.5 Å². The Morgan fingerprint density at radius 1 is 1.28 bits per heavy atom. The first kappa shape index (κ1) is 12.7. The van der Waals surface area contributed by atoms with Crippen LogP contribution in [0.25, 0.3) is 0 Å². The summed E-state index contributed by atoms with van der Waals surface area (Å²) in [6, 6.07) is 5.71. The fourth-order valence-corrected chi connectivity index (χ4v) is 2.41. The standard InChI is InChI=1S/C13H18N2O3/c1-17-11-4-3-8(5-12(11)18-2)9-6-15-7-10(9)13(14)16/h3-5,9-10,15H,6-7H2,1-2H3,(H2,14,16). The van der Waals surface area contributed by atoms with Gasteiger partial charge in [-0.2, -0.15) is 0 Å². The van der Waals surface area contributed by atoms with Gasteiger partial charge in [-0.1, -0.05) is 6.07 Å². The minimum atomic E-state index is -0.264. The van der Waals surface area contributed by atoms with Gasteiger partial charge in [-0.15, -0.1) is 0 Å². The van der Waals surface area contributed by atoms with Crippen molar-refractivity contribution >= 4 is 5.91 Å². The highest BCUT2D eigenvalue weighted by Gasteiger charge is 2.32. The van der Waals surface area contributed by atoms with Crippen LogP contribution in [0.3, 0.4) is 0 Å². The lowest BCUT2D eigenvalue weighted by molar-refractivity contribution is -0.121. The molecule has 0 aromatic heterocycles. The molecule has 3 N–H and O–H groups in total. The Hall–Kier alpha value is -1.75. The van der Waals surface area contributed by atoms with E-state index in [1.165, 1.54) is 0 Å². The van der Waals surface area contributed by atoms with Gasteiger partial charge >= 0.3 is 0 Å². The van der Waals surface area contributed by atoms with E-state index in [1.54, 1.807) is 14.2 Å². The van der Waals surface area contributed by atoms with Gasteiger partial charge < -0.3 is 20.5 Å². The van der Waals surface area contributed by atoms with E-state index in [0.29, 0.717) is 18.0 Å². The van der Waals surface area contributed by atoms with Crippen LogP contribution in [0, 0.1) is 5.92 Å². The summed E-state index contributed by atoms with van der Waals surface area (Å²) in [4.78, 5) is 11.4. The highest BCUT2D eigenvalue weighted by atomic mass is 16.5. The number of nitrogens with two attached hydrogens (primary N) is 1. The van der Waals surface area contributed by atoms with Crippen LogP contribution in [0.4, 0.5) is 0 Å². The van der Waals surface area contributed by atoms with Crippen molar-refractivity contribution in [3.8, 4) is 11.5 Å². The summed E-state index contributed by atoms with van der Waals surface area (Å²) >= 11 is 0. The third kappa shape index (κ3) is 2.26. The van der Waals surface area contributed by atoms with E-state index in [4.69, 9.17) is 15.2 Å². The number of primary amides is 1. The SMILES string of the molecule is COc1ccc(C2CNCC2C(N)=O)cc1OC. The van der Waals surface area contributed by atoms with E-state index < -0.39 is 0 Å². The van der Waals surface area contributed by atoms with Crippen LogP contribution < -0.4 is 20.5 Å². The molecule has 0 radical (unpaired) electrons. The monoisotopic (exact) mass is 250 g/mol. The zero-order valence-electron chi connectivity index (χ0n) is 10.6. The molecule has 1 heterocycles. The molecular formula is C13H18N2O3. The number of hydrogen-bond acceptors (Lipinski definition) is 4. The molecule has 0 saturated carbocycles. The molecule has 1 fully saturated rings. The lowest BCUT2D eigenvalue weighted by atomic mass is 9.88. The number of benzene rings is 1. The summed E-state index contributed by atoms with van der Waals surface area (Å²) < 4.78 is 10.5. The molecule has 1 aliphatic heterocycles. The maximum atomic E-state index is 11.4. The first-order valence-corrected chi connectivity index (χ1v) is 5.89. The third-order valence-corrected chi connectivity index (χ3v) is 3.42. The van der Waals surface area contributed by atoms with Crippen molar-refractivity contribution in [1.82, 2.24) is 5.32 Å². The van der Waals surface area contributed by atoms with Gasteiger partial charge in [0.05, 0.1) is 20.1 Å². The fourth-order valence-electron chi connectivity index (χ4n) is 2.41. The third-order valence-electron chi connectivity index (χ3n) is 3.42. The number of amides is 1. The normalized spacial score (nSPS) is 22.8. The van der Waals surface area contributed by atoms with Crippen LogP contribution in [-0.4, -0.2) is 33.2 Å². The number of methoxy groups -OCH3 is 2. The quantitative estimate of drug-likeness (QED) is 0.815. The van der Waals surface area contributed by atoms with E-state index >= 15 is 0 Å². The van der Waals surface area contributed by atoms with Crippen molar-refractivity contribution in [2.75, 3.05) is 27.3 Å². The molecule has 2 rings (SSSR count). The van der Waals surface area contributed by atoms with Crippen LogP contribution >= 0.6 is 0 Å². The van der Waals surface area contributed by atoms with Gasteiger partial charge in [0.1, 0.15) is 0 Å². The summed E-state index contributed by atoms with van der Waals surface area (Å²) in [6.07, 6.45) is 0. The first-order valence-electron chi connectivity index (χ1n) is 5.89. The molecule has 0 aliphatic carbocycles. The highest BCUT2D eigenvalue weighted by Crippen LogP contribution is 2.34. The molecule has 18 heavy (non-hydrogen) atoms. The molecule has 2 atom stereocenters. The zero-order chi connectivity index (χ0) is 13.1.